The van der Waals surface area contributed by atoms with Gasteiger partial charge in [-0.1, -0.05) is 42.0 Å². The zero-order valence-electron chi connectivity index (χ0n) is 17.1. The molecule has 1 aliphatic rings. The molecule has 1 aliphatic heterocycles. The number of hydrogen-bond acceptors (Lipinski definition) is 3. The van der Waals surface area contributed by atoms with Gasteiger partial charge >= 0.3 is 0 Å². The molecule has 3 rings (SSSR count). The minimum absolute atomic E-state index is 0.146. The minimum atomic E-state index is 0.146. The van der Waals surface area contributed by atoms with Crippen LogP contribution in [0.3, 0.4) is 0 Å². The first kappa shape index (κ1) is 20.2. The third-order valence-electron chi connectivity index (χ3n) is 4.86. The third kappa shape index (κ3) is 5.99. The molecule has 5 heteroatoms. The Hall–Kier alpha value is -2.53. The van der Waals surface area contributed by atoms with Crippen molar-refractivity contribution in [2.45, 2.75) is 39.3 Å². The maximum atomic E-state index is 6.18. The molecule has 1 fully saturated rings. The highest BCUT2D eigenvalue weighted by Crippen LogP contribution is 2.23. The quantitative estimate of drug-likeness (QED) is 0.570. The van der Waals surface area contributed by atoms with E-state index in [1.807, 2.05) is 0 Å². The number of hydrogen-bond donors (Lipinski definition) is 2. The van der Waals surface area contributed by atoms with Gasteiger partial charge in [0.1, 0.15) is 11.9 Å². The number of guanidine groups is 1. The van der Waals surface area contributed by atoms with Gasteiger partial charge in [0, 0.05) is 32.1 Å². The Morgan fingerprint density at radius 2 is 2.00 bits per heavy atom. The lowest BCUT2D eigenvalue weighted by Crippen LogP contribution is -2.38. The summed E-state index contributed by atoms with van der Waals surface area (Å²) in [6, 6.07) is 14.9. The van der Waals surface area contributed by atoms with Gasteiger partial charge in [0.05, 0.1) is 13.2 Å². The van der Waals surface area contributed by atoms with E-state index in [1.165, 1.54) is 16.7 Å². The van der Waals surface area contributed by atoms with Gasteiger partial charge < -0.3 is 20.1 Å². The van der Waals surface area contributed by atoms with E-state index in [4.69, 9.17) is 9.47 Å². The normalized spacial score (nSPS) is 16.8. The Balaban J connectivity index is 1.52. The fraction of sp³-hybridized carbons (Fsp3) is 0.435. The molecular formula is C23H31N3O2. The van der Waals surface area contributed by atoms with Gasteiger partial charge in [-0.15, -0.1) is 0 Å². The van der Waals surface area contributed by atoms with Gasteiger partial charge in [0.25, 0.3) is 0 Å². The van der Waals surface area contributed by atoms with E-state index < -0.39 is 0 Å². The van der Waals surface area contributed by atoms with E-state index in [0.717, 1.165) is 43.3 Å². The number of ether oxygens (including phenoxy) is 2. The van der Waals surface area contributed by atoms with Crippen LogP contribution in [-0.4, -0.2) is 38.9 Å². The molecular weight excluding hydrogens is 350 g/mol. The summed E-state index contributed by atoms with van der Waals surface area (Å²) >= 11 is 0. The van der Waals surface area contributed by atoms with Gasteiger partial charge in [-0.25, -0.2) is 0 Å². The Labute approximate surface area is 168 Å². The standard InChI is InChI=1S/C23H31N3O2/c1-17-5-4-6-19(13-17)9-11-25-23(24-3)26-15-20-8-7-18(2)14-22(20)28-21-10-12-27-16-21/h4-8,13-14,21H,9-12,15-16H2,1-3H3,(H2,24,25,26). The Bertz CT molecular complexity index is 798. The zero-order valence-corrected chi connectivity index (χ0v) is 17.1. The van der Waals surface area contributed by atoms with E-state index in [9.17, 15) is 0 Å². The smallest absolute Gasteiger partial charge is 0.191 e. The Morgan fingerprint density at radius 3 is 2.75 bits per heavy atom. The average Bonchev–Trinajstić information content (AvgIpc) is 3.19. The van der Waals surface area contributed by atoms with E-state index in [-0.39, 0.29) is 6.10 Å². The monoisotopic (exact) mass is 381 g/mol. The molecule has 0 amide bonds. The lowest BCUT2D eigenvalue weighted by molar-refractivity contribution is 0.140. The lowest BCUT2D eigenvalue weighted by Gasteiger charge is -2.18. The second-order valence-electron chi connectivity index (χ2n) is 7.31. The van der Waals surface area contributed by atoms with Crippen LogP contribution in [0.4, 0.5) is 0 Å². The summed E-state index contributed by atoms with van der Waals surface area (Å²) in [4.78, 5) is 4.34. The first-order valence-electron chi connectivity index (χ1n) is 9.98. The number of benzene rings is 2. The SMILES string of the molecule is CN=C(NCCc1cccc(C)c1)NCc1ccc(C)cc1OC1CCOC1. The van der Waals surface area contributed by atoms with Crippen LogP contribution in [-0.2, 0) is 17.7 Å². The molecule has 0 bridgehead atoms. The zero-order chi connectivity index (χ0) is 19.8. The van der Waals surface area contributed by atoms with Gasteiger partial charge in [-0.05, 0) is 37.5 Å². The molecule has 2 aromatic rings. The van der Waals surface area contributed by atoms with Crippen LogP contribution < -0.4 is 15.4 Å². The van der Waals surface area contributed by atoms with Gasteiger partial charge in [-0.2, -0.15) is 0 Å². The van der Waals surface area contributed by atoms with Gasteiger partial charge in [-0.3, -0.25) is 4.99 Å². The average molecular weight is 382 g/mol. The number of aryl methyl sites for hydroxylation is 2. The van der Waals surface area contributed by atoms with Crippen molar-refractivity contribution in [1.29, 1.82) is 0 Å². The summed E-state index contributed by atoms with van der Waals surface area (Å²) < 4.78 is 11.6. The predicted octanol–water partition coefficient (Wildman–Crippen LogP) is 3.38. The molecule has 0 saturated carbocycles. The summed E-state index contributed by atoms with van der Waals surface area (Å²) in [7, 11) is 1.80. The van der Waals surface area contributed by atoms with E-state index in [2.05, 4.69) is 71.9 Å². The second kappa shape index (κ2) is 10.1. The molecule has 0 spiro atoms. The minimum Gasteiger partial charge on any atom is -0.488 e. The topological polar surface area (TPSA) is 54.9 Å². The van der Waals surface area contributed by atoms with Crippen LogP contribution in [0.25, 0.3) is 0 Å². The summed E-state index contributed by atoms with van der Waals surface area (Å²) in [6.45, 7) is 7.15. The van der Waals surface area contributed by atoms with Gasteiger partial charge in [0.15, 0.2) is 5.96 Å². The van der Waals surface area contributed by atoms with Crippen LogP contribution in [0.2, 0.25) is 0 Å². The molecule has 2 aromatic carbocycles. The van der Waals surface area contributed by atoms with Crippen molar-refractivity contribution in [2.75, 3.05) is 26.8 Å². The van der Waals surface area contributed by atoms with Crippen molar-refractivity contribution in [3.05, 3.63) is 64.7 Å². The van der Waals surface area contributed by atoms with E-state index >= 15 is 0 Å². The number of nitrogens with one attached hydrogen (secondary N) is 2. The lowest BCUT2D eigenvalue weighted by atomic mass is 10.1. The van der Waals surface area contributed by atoms with Crippen LogP contribution in [0.15, 0.2) is 47.5 Å². The molecule has 1 saturated heterocycles. The maximum Gasteiger partial charge on any atom is 0.191 e. The molecule has 2 N–H and O–H groups in total. The molecule has 28 heavy (non-hydrogen) atoms. The Kier molecular flexibility index (Phi) is 7.31. The van der Waals surface area contributed by atoms with Crippen LogP contribution in [0.5, 0.6) is 5.75 Å². The van der Waals surface area contributed by atoms with Crippen molar-refractivity contribution >= 4 is 5.96 Å². The molecule has 1 atom stereocenters. The van der Waals surface area contributed by atoms with Crippen LogP contribution in [0, 0.1) is 13.8 Å². The van der Waals surface area contributed by atoms with Crippen LogP contribution in [0.1, 0.15) is 28.7 Å². The summed E-state index contributed by atoms with van der Waals surface area (Å²) in [5.41, 5.74) is 4.94. The highest BCUT2D eigenvalue weighted by molar-refractivity contribution is 5.79. The fourth-order valence-electron chi connectivity index (χ4n) is 3.30. The largest absolute Gasteiger partial charge is 0.488 e. The number of aliphatic imine (C=N–C) groups is 1. The molecule has 150 valence electrons. The number of nitrogens with zero attached hydrogens (tertiary/aromatic N) is 1. The van der Waals surface area contributed by atoms with E-state index in [0.29, 0.717) is 13.2 Å². The molecule has 5 nitrogen and oxygen atoms in total. The van der Waals surface area contributed by atoms with Crippen molar-refractivity contribution in [2.24, 2.45) is 4.99 Å². The van der Waals surface area contributed by atoms with Crippen molar-refractivity contribution < 1.29 is 9.47 Å². The van der Waals surface area contributed by atoms with Crippen LogP contribution >= 0.6 is 0 Å². The molecule has 0 aromatic heterocycles. The highest BCUT2D eigenvalue weighted by atomic mass is 16.5. The van der Waals surface area contributed by atoms with Crippen molar-refractivity contribution in [3.8, 4) is 5.75 Å². The second-order valence-corrected chi connectivity index (χ2v) is 7.31. The van der Waals surface area contributed by atoms with E-state index in [1.54, 1.807) is 7.05 Å². The van der Waals surface area contributed by atoms with Crippen molar-refractivity contribution in [1.82, 2.24) is 10.6 Å². The molecule has 0 radical (unpaired) electrons. The predicted molar refractivity (Wildman–Crippen MR) is 114 cm³/mol. The molecule has 0 aliphatic carbocycles. The molecule has 1 unspecified atom stereocenters. The first-order chi connectivity index (χ1) is 13.6. The number of rotatable bonds is 7. The molecule has 1 heterocycles. The first-order valence-corrected chi connectivity index (χ1v) is 9.98. The van der Waals surface area contributed by atoms with Gasteiger partial charge in [0.2, 0.25) is 0 Å². The summed E-state index contributed by atoms with van der Waals surface area (Å²) in [6.07, 6.45) is 2.05. The van der Waals surface area contributed by atoms with Crippen molar-refractivity contribution in [3.63, 3.8) is 0 Å². The maximum absolute atomic E-state index is 6.18. The Morgan fingerprint density at radius 1 is 1.14 bits per heavy atom. The summed E-state index contributed by atoms with van der Waals surface area (Å²) in [5, 5.41) is 6.79. The fourth-order valence-corrected chi connectivity index (χ4v) is 3.30. The summed E-state index contributed by atoms with van der Waals surface area (Å²) in [5.74, 6) is 1.72. The highest BCUT2D eigenvalue weighted by Gasteiger charge is 2.18. The third-order valence-corrected chi connectivity index (χ3v) is 4.86.